The number of hydrogen-bond donors (Lipinski definition) is 2. The van der Waals surface area contributed by atoms with Crippen LogP contribution in [-0.2, 0) is 5.75 Å². The zero-order chi connectivity index (χ0) is 15.2. The first-order valence-electron chi connectivity index (χ1n) is 6.86. The number of ether oxygens (including phenoxy) is 2. The van der Waals surface area contributed by atoms with E-state index < -0.39 is 0 Å². The zero-order valence-electron chi connectivity index (χ0n) is 11.8. The average Bonchev–Trinajstić information content (AvgIpc) is 3.17. The van der Waals surface area contributed by atoms with Crippen molar-refractivity contribution in [2.75, 3.05) is 24.4 Å². The highest BCUT2D eigenvalue weighted by Gasteiger charge is 2.13. The fraction of sp³-hybridized carbons (Fsp3) is 0.267. The van der Waals surface area contributed by atoms with E-state index in [4.69, 9.17) is 26.1 Å². The molecule has 7 heteroatoms. The minimum atomic E-state index is 0.272. The van der Waals surface area contributed by atoms with Crippen LogP contribution in [0.15, 0.2) is 41.0 Å². The molecule has 3 rings (SSSR count). The highest BCUT2D eigenvalue weighted by molar-refractivity contribution is 7.98. The molecule has 0 saturated carbocycles. The van der Waals surface area contributed by atoms with E-state index in [0.717, 1.165) is 41.0 Å². The van der Waals surface area contributed by atoms with Crippen LogP contribution in [0.25, 0.3) is 0 Å². The summed E-state index contributed by atoms with van der Waals surface area (Å²) in [6, 6.07) is 9.53. The van der Waals surface area contributed by atoms with E-state index in [0.29, 0.717) is 5.11 Å². The lowest BCUT2D eigenvalue weighted by Gasteiger charge is -2.10. The first-order valence-corrected chi connectivity index (χ1v) is 8.42. The van der Waals surface area contributed by atoms with Gasteiger partial charge in [-0.15, -0.1) is 0 Å². The molecule has 0 aliphatic carbocycles. The topological polar surface area (TPSA) is 55.7 Å². The molecule has 0 saturated heterocycles. The summed E-state index contributed by atoms with van der Waals surface area (Å²) in [7, 11) is 0. The van der Waals surface area contributed by atoms with E-state index >= 15 is 0 Å². The van der Waals surface area contributed by atoms with Crippen molar-refractivity contribution in [3.8, 4) is 11.5 Å². The summed E-state index contributed by atoms with van der Waals surface area (Å²) >= 11 is 7.07. The van der Waals surface area contributed by atoms with Crippen LogP contribution in [0.5, 0.6) is 11.5 Å². The van der Waals surface area contributed by atoms with Gasteiger partial charge in [-0.05, 0) is 36.5 Å². The van der Waals surface area contributed by atoms with Crippen molar-refractivity contribution in [1.82, 2.24) is 5.32 Å². The molecule has 0 spiro atoms. The molecular formula is C15H16N2O3S2. The molecule has 1 aromatic carbocycles. The van der Waals surface area contributed by atoms with Gasteiger partial charge >= 0.3 is 0 Å². The molecule has 0 atom stereocenters. The van der Waals surface area contributed by atoms with Gasteiger partial charge in [-0.3, -0.25) is 0 Å². The third-order valence-electron chi connectivity index (χ3n) is 2.99. The zero-order valence-corrected chi connectivity index (χ0v) is 13.5. The molecule has 0 unspecified atom stereocenters. The maximum atomic E-state index is 5.33. The standard InChI is InChI=1S/C15H16N2O3S2/c21-15(16-5-7-22-9-12-2-1-6-18-12)17-11-3-4-13-14(8-11)20-10-19-13/h1-4,6,8H,5,7,9-10H2,(H2,16,17,21). The average molecular weight is 336 g/mol. The fourth-order valence-electron chi connectivity index (χ4n) is 1.95. The van der Waals surface area contributed by atoms with E-state index in [-0.39, 0.29) is 6.79 Å². The molecule has 22 heavy (non-hydrogen) atoms. The molecule has 116 valence electrons. The van der Waals surface area contributed by atoms with Crippen LogP contribution in [0.3, 0.4) is 0 Å². The van der Waals surface area contributed by atoms with E-state index in [1.807, 2.05) is 30.3 Å². The number of fused-ring (bicyclic) bond motifs is 1. The number of rotatable bonds is 6. The maximum absolute atomic E-state index is 5.33. The molecule has 2 heterocycles. The van der Waals surface area contributed by atoms with Crippen molar-refractivity contribution >= 4 is 34.8 Å². The Bertz CT molecular complexity index is 632. The van der Waals surface area contributed by atoms with Crippen LogP contribution in [-0.4, -0.2) is 24.2 Å². The van der Waals surface area contributed by atoms with E-state index in [1.54, 1.807) is 18.0 Å². The lowest BCUT2D eigenvalue weighted by Crippen LogP contribution is -2.30. The van der Waals surface area contributed by atoms with Crippen LogP contribution in [0.2, 0.25) is 0 Å². The number of nitrogens with one attached hydrogen (secondary N) is 2. The second-order valence-corrected chi connectivity index (χ2v) is 6.09. The van der Waals surface area contributed by atoms with Crippen molar-refractivity contribution in [1.29, 1.82) is 0 Å². The monoisotopic (exact) mass is 336 g/mol. The Hall–Kier alpha value is -1.86. The molecule has 0 amide bonds. The van der Waals surface area contributed by atoms with Crippen molar-refractivity contribution in [3.63, 3.8) is 0 Å². The van der Waals surface area contributed by atoms with Crippen LogP contribution in [0.4, 0.5) is 5.69 Å². The molecule has 0 bridgehead atoms. The first-order chi connectivity index (χ1) is 10.8. The Morgan fingerprint density at radius 3 is 3.00 bits per heavy atom. The molecule has 5 nitrogen and oxygen atoms in total. The highest BCUT2D eigenvalue weighted by atomic mass is 32.2. The van der Waals surface area contributed by atoms with Crippen molar-refractivity contribution in [3.05, 3.63) is 42.4 Å². The van der Waals surface area contributed by atoms with Crippen molar-refractivity contribution in [2.45, 2.75) is 5.75 Å². The fourth-order valence-corrected chi connectivity index (χ4v) is 2.93. The lowest BCUT2D eigenvalue weighted by atomic mass is 10.3. The summed E-state index contributed by atoms with van der Waals surface area (Å²) in [6.07, 6.45) is 1.69. The normalized spacial score (nSPS) is 12.2. The van der Waals surface area contributed by atoms with Gasteiger partial charge in [0.15, 0.2) is 16.6 Å². The van der Waals surface area contributed by atoms with Crippen LogP contribution >= 0.6 is 24.0 Å². The summed E-state index contributed by atoms with van der Waals surface area (Å²) in [4.78, 5) is 0. The van der Waals surface area contributed by atoms with E-state index in [2.05, 4.69) is 10.6 Å². The third kappa shape index (κ3) is 4.08. The Kier molecular flexibility index (Phi) is 5.07. The molecule has 0 fully saturated rings. The summed E-state index contributed by atoms with van der Waals surface area (Å²) in [6.45, 7) is 1.07. The van der Waals surface area contributed by atoms with Crippen LogP contribution < -0.4 is 20.1 Å². The van der Waals surface area contributed by atoms with Gasteiger partial charge in [0, 0.05) is 24.1 Å². The number of hydrogen-bond acceptors (Lipinski definition) is 5. The van der Waals surface area contributed by atoms with Gasteiger partial charge in [0.1, 0.15) is 5.76 Å². The number of benzene rings is 1. The second-order valence-electron chi connectivity index (χ2n) is 4.58. The lowest BCUT2D eigenvalue weighted by molar-refractivity contribution is 0.174. The Morgan fingerprint density at radius 2 is 2.14 bits per heavy atom. The van der Waals surface area contributed by atoms with Crippen LogP contribution in [0.1, 0.15) is 5.76 Å². The number of anilines is 1. The Labute approximate surface area is 138 Å². The summed E-state index contributed by atoms with van der Waals surface area (Å²) in [5.41, 5.74) is 0.880. The molecule has 1 aromatic heterocycles. The SMILES string of the molecule is S=C(NCCSCc1ccco1)Nc1ccc2c(c1)OCO2. The third-order valence-corrected chi connectivity index (χ3v) is 4.21. The number of thiocarbonyl (C=S) groups is 1. The van der Waals surface area contributed by atoms with Gasteiger partial charge in [-0.2, -0.15) is 11.8 Å². The largest absolute Gasteiger partial charge is 0.468 e. The van der Waals surface area contributed by atoms with Gasteiger partial charge < -0.3 is 24.5 Å². The number of furan rings is 1. The van der Waals surface area contributed by atoms with Gasteiger partial charge in [-0.25, -0.2) is 0 Å². The summed E-state index contributed by atoms with van der Waals surface area (Å²) in [5, 5.41) is 6.90. The summed E-state index contributed by atoms with van der Waals surface area (Å²) < 4.78 is 15.9. The van der Waals surface area contributed by atoms with Gasteiger partial charge in [0.05, 0.1) is 12.0 Å². The minimum Gasteiger partial charge on any atom is -0.468 e. The number of thioether (sulfide) groups is 1. The molecule has 1 aliphatic heterocycles. The molecule has 2 N–H and O–H groups in total. The van der Waals surface area contributed by atoms with Crippen LogP contribution in [0, 0.1) is 0 Å². The van der Waals surface area contributed by atoms with Gasteiger partial charge in [0.25, 0.3) is 0 Å². The van der Waals surface area contributed by atoms with Gasteiger partial charge in [0.2, 0.25) is 6.79 Å². The van der Waals surface area contributed by atoms with E-state index in [1.165, 1.54) is 0 Å². The quantitative estimate of drug-likeness (QED) is 0.620. The predicted molar refractivity (Wildman–Crippen MR) is 91.7 cm³/mol. The van der Waals surface area contributed by atoms with Crippen molar-refractivity contribution < 1.29 is 13.9 Å². The highest BCUT2D eigenvalue weighted by Crippen LogP contribution is 2.34. The van der Waals surface area contributed by atoms with E-state index in [9.17, 15) is 0 Å². The minimum absolute atomic E-state index is 0.272. The second kappa shape index (κ2) is 7.42. The Morgan fingerprint density at radius 1 is 1.23 bits per heavy atom. The predicted octanol–water partition coefficient (Wildman–Crippen LogP) is 3.23. The molecule has 1 aliphatic rings. The maximum Gasteiger partial charge on any atom is 0.231 e. The molecule has 0 radical (unpaired) electrons. The smallest absolute Gasteiger partial charge is 0.231 e. The molecule has 2 aromatic rings. The summed E-state index contributed by atoms with van der Waals surface area (Å²) in [5.74, 6) is 4.31. The van der Waals surface area contributed by atoms with Gasteiger partial charge in [-0.1, -0.05) is 0 Å². The first kappa shape index (κ1) is 15.1. The van der Waals surface area contributed by atoms with Crippen molar-refractivity contribution in [2.24, 2.45) is 0 Å². The molecular weight excluding hydrogens is 320 g/mol. The Balaban J connectivity index is 1.35.